The van der Waals surface area contributed by atoms with Crippen molar-refractivity contribution in [3.05, 3.63) is 12.4 Å². The second-order valence-electron chi connectivity index (χ2n) is 4.74. The van der Waals surface area contributed by atoms with Gasteiger partial charge in [0.15, 0.2) is 0 Å². The molecule has 5 heteroatoms. The van der Waals surface area contributed by atoms with E-state index in [0.717, 1.165) is 44.3 Å². The van der Waals surface area contributed by atoms with Crippen molar-refractivity contribution < 1.29 is 4.74 Å². The molecule has 0 aromatic carbocycles. The molecule has 1 fully saturated rings. The highest BCUT2D eigenvalue weighted by Crippen LogP contribution is 2.23. The summed E-state index contributed by atoms with van der Waals surface area (Å²) in [5.74, 6) is 2.55. The highest BCUT2D eigenvalue weighted by molar-refractivity contribution is 5.49. The number of nitrogens with zero attached hydrogens (tertiary/aromatic N) is 3. The minimum Gasteiger partial charge on any atom is -0.384 e. The number of methoxy groups -OCH3 is 1. The fourth-order valence-electron chi connectivity index (χ4n) is 2.28. The molecule has 0 amide bonds. The molecule has 0 saturated carbocycles. The van der Waals surface area contributed by atoms with Crippen molar-refractivity contribution in [3.8, 4) is 0 Å². The Morgan fingerprint density at radius 3 is 3.17 bits per heavy atom. The molecule has 2 rings (SSSR count). The fraction of sp³-hybridized carbons (Fsp3) is 0.692. The molecule has 0 bridgehead atoms. The van der Waals surface area contributed by atoms with E-state index in [-0.39, 0.29) is 0 Å². The van der Waals surface area contributed by atoms with Crippen molar-refractivity contribution >= 4 is 11.6 Å². The summed E-state index contributed by atoms with van der Waals surface area (Å²) >= 11 is 0. The summed E-state index contributed by atoms with van der Waals surface area (Å²) in [6, 6.07) is 2.03. The summed E-state index contributed by atoms with van der Waals surface area (Å²) in [6.45, 7) is 6.01. The third kappa shape index (κ3) is 3.32. The number of anilines is 2. The van der Waals surface area contributed by atoms with E-state index in [0.29, 0.717) is 5.92 Å². The summed E-state index contributed by atoms with van der Waals surface area (Å²) in [5.41, 5.74) is 0. The predicted molar refractivity (Wildman–Crippen MR) is 73.0 cm³/mol. The molecule has 0 spiro atoms. The summed E-state index contributed by atoms with van der Waals surface area (Å²) in [7, 11) is 1.76. The van der Waals surface area contributed by atoms with Crippen LogP contribution in [0.15, 0.2) is 12.4 Å². The Balaban J connectivity index is 1.96. The van der Waals surface area contributed by atoms with Gasteiger partial charge in [0.2, 0.25) is 0 Å². The van der Waals surface area contributed by atoms with Gasteiger partial charge in [0, 0.05) is 38.7 Å². The molecule has 0 radical (unpaired) electrons. The first-order valence-electron chi connectivity index (χ1n) is 6.63. The van der Waals surface area contributed by atoms with Crippen LogP contribution in [0.3, 0.4) is 0 Å². The lowest BCUT2D eigenvalue weighted by atomic mass is 10.1. The molecule has 5 nitrogen and oxygen atoms in total. The normalized spacial score (nSPS) is 19.2. The molecule has 1 unspecified atom stereocenters. The van der Waals surface area contributed by atoms with Gasteiger partial charge in [0.25, 0.3) is 0 Å². The van der Waals surface area contributed by atoms with Crippen LogP contribution in [0, 0.1) is 5.92 Å². The van der Waals surface area contributed by atoms with E-state index in [2.05, 4.69) is 27.1 Å². The van der Waals surface area contributed by atoms with Crippen LogP contribution in [0.2, 0.25) is 0 Å². The average Bonchev–Trinajstić information content (AvgIpc) is 2.86. The molecular weight excluding hydrogens is 228 g/mol. The van der Waals surface area contributed by atoms with Gasteiger partial charge in [-0.2, -0.15) is 0 Å². The molecule has 100 valence electrons. The maximum atomic E-state index is 5.22. The van der Waals surface area contributed by atoms with Gasteiger partial charge in [-0.05, 0) is 12.8 Å². The average molecular weight is 250 g/mol. The van der Waals surface area contributed by atoms with Crippen LogP contribution in [0.1, 0.15) is 19.8 Å². The molecular formula is C13H22N4O. The molecule has 18 heavy (non-hydrogen) atoms. The highest BCUT2D eigenvalue weighted by Gasteiger charge is 2.23. The van der Waals surface area contributed by atoms with E-state index in [1.54, 1.807) is 13.4 Å². The van der Waals surface area contributed by atoms with Gasteiger partial charge in [-0.15, -0.1) is 0 Å². The first-order chi connectivity index (χ1) is 8.83. The van der Waals surface area contributed by atoms with Crippen molar-refractivity contribution in [1.29, 1.82) is 0 Å². The molecule has 1 aromatic rings. The quantitative estimate of drug-likeness (QED) is 0.834. The Labute approximate surface area is 109 Å². The number of rotatable bonds is 6. The van der Waals surface area contributed by atoms with Gasteiger partial charge in [0.05, 0.1) is 6.61 Å². The van der Waals surface area contributed by atoms with E-state index in [1.807, 2.05) is 6.07 Å². The molecule has 0 aliphatic carbocycles. The van der Waals surface area contributed by atoms with E-state index in [1.165, 1.54) is 6.42 Å². The first kappa shape index (κ1) is 13.1. The van der Waals surface area contributed by atoms with Gasteiger partial charge >= 0.3 is 0 Å². The fourth-order valence-corrected chi connectivity index (χ4v) is 2.28. The molecule has 1 aromatic heterocycles. The molecule has 2 heterocycles. The third-order valence-electron chi connectivity index (χ3n) is 3.22. The second kappa shape index (κ2) is 6.54. The van der Waals surface area contributed by atoms with Gasteiger partial charge in [-0.25, -0.2) is 9.97 Å². The second-order valence-corrected chi connectivity index (χ2v) is 4.74. The van der Waals surface area contributed by atoms with Crippen LogP contribution in [0.4, 0.5) is 11.6 Å². The highest BCUT2D eigenvalue weighted by atomic mass is 16.5. The number of aromatic nitrogens is 2. The van der Waals surface area contributed by atoms with Crippen LogP contribution < -0.4 is 10.2 Å². The lowest BCUT2D eigenvalue weighted by Crippen LogP contribution is -2.22. The van der Waals surface area contributed by atoms with Crippen molar-refractivity contribution in [2.45, 2.75) is 19.8 Å². The van der Waals surface area contributed by atoms with Gasteiger partial charge in [-0.3, -0.25) is 0 Å². The first-order valence-corrected chi connectivity index (χ1v) is 6.63. The van der Waals surface area contributed by atoms with Crippen molar-refractivity contribution in [3.63, 3.8) is 0 Å². The molecule has 1 atom stereocenters. The lowest BCUT2D eigenvalue weighted by Gasteiger charge is -2.17. The largest absolute Gasteiger partial charge is 0.384 e. The van der Waals surface area contributed by atoms with E-state index in [4.69, 9.17) is 4.74 Å². The minimum atomic E-state index is 0.622. The summed E-state index contributed by atoms with van der Waals surface area (Å²) in [6.07, 6.45) is 3.91. The number of hydrogen-bond donors (Lipinski definition) is 1. The summed E-state index contributed by atoms with van der Waals surface area (Å²) < 4.78 is 5.22. The molecule has 1 N–H and O–H groups in total. The van der Waals surface area contributed by atoms with E-state index in [9.17, 15) is 0 Å². The monoisotopic (exact) mass is 250 g/mol. The zero-order chi connectivity index (χ0) is 12.8. The Bertz CT molecular complexity index is 372. The van der Waals surface area contributed by atoms with Crippen LogP contribution >= 0.6 is 0 Å². The Morgan fingerprint density at radius 2 is 2.39 bits per heavy atom. The number of nitrogens with one attached hydrogen (secondary N) is 1. The zero-order valence-electron chi connectivity index (χ0n) is 11.2. The topological polar surface area (TPSA) is 50.3 Å². The molecule has 1 aliphatic heterocycles. The van der Waals surface area contributed by atoms with Crippen molar-refractivity contribution in [2.75, 3.05) is 43.6 Å². The van der Waals surface area contributed by atoms with Gasteiger partial charge in [0.1, 0.15) is 18.0 Å². The molecule has 1 saturated heterocycles. The summed E-state index contributed by atoms with van der Waals surface area (Å²) in [5, 5.41) is 3.29. The van der Waals surface area contributed by atoms with Crippen molar-refractivity contribution in [2.24, 2.45) is 5.92 Å². The Hall–Kier alpha value is -1.36. The minimum absolute atomic E-state index is 0.622. The Kier molecular flexibility index (Phi) is 4.75. The maximum absolute atomic E-state index is 5.22. The number of hydrogen-bond acceptors (Lipinski definition) is 5. The standard InChI is InChI=1S/C13H22N4O/c1-3-5-14-12-7-13(16-10-15-12)17-6-4-11(8-17)9-18-2/h7,10-11H,3-6,8-9H2,1-2H3,(H,14,15,16). The lowest BCUT2D eigenvalue weighted by molar-refractivity contribution is 0.161. The van der Waals surface area contributed by atoms with Crippen molar-refractivity contribution in [1.82, 2.24) is 9.97 Å². The van der Waals surface area contributed by atoms with Crippen LogP contribution in [-0.2, 0) is 4.74 Å². The predicted octanol–water partition coefficient (Wildman–Crippen LogP) is 1.77. The Morgan fingerprint density at radius 1 is 1.50 bits per heavy atom. The SMILES string of the molecule is CCCNc1cc(N2CCC(COC)C2)ncn1. The van der Waals surface area contributed by atoms with E-state index < -0.39 is 0 Å². The summed E-state index contributed by atoms with van der Waals surface area (Å²) in [4.78, 5) is 10.9. The smallest absolute Gasteiger partial charge is 0.134 e. The maximum Gasteiger partial charge on any atom is 0.134 e. The van der Waals surface area contributed by atoms with Gasteiger partial charge < -0.3 is 15.0 Å². The zero-order valence-corrected chi connectivity index (χ0v) is 11.2. The van der Waals surface area contributed by atoms with Crippen LogP contribution in [0.5, 0.6) is 0 Å². The number of ether oxygens (including phenoxy) is 1. The third-order valence-corrected chi connectivity index (χ3v) is 3.22. The van der Waals surface area contributed by atoms with Gasteiger partial charge in [-0.1, -0.05) is 6.92 Å². The molecule has 1 aliphatic rings. The van der Waals surface area contributed by atoms with Crippen LogP contribution in [-0.4, -0.2) is 43.3 Å². The van der Waals surface area contributed by atoms with Crippen LogP contribution in [0.25, 0.3) is 0 Å². The van der Waals surface area contributed by atoms with E-state index >= 15 is 0 Å².